The number of aromatic amines is 1. The van der Waals surface area contributed by atoms with Gasteiger partial charge in [0.1, 0.15) is 10.3 Å². The molecule has 3 nitrogen and oxygen atoms in total. The first kappa shape index (κ1) is 12.9. The van der Waals surface area contributed by atoms with Crippen LogP contribution in [0.1, 0.15) is 18.2 Å². The molecule has 0 aliphatic heterocycles. The van der Waals surface area contributed by atoms with Gasteiger partial charge < -0.3 is 4.98 Å². The van der Waals surface area contributed by atoms with E-state index in [2.05, 4.69) is 34.0 Å². The lowest BCUT2D eigenvalue weighted by Crippen LogP contribution is -2.00. The summed E-state index contributed by atoms with van der Waals surface area (Å²) in [5, 5.41) is 2.23. The maximum Gasteiger partial charge on any atom is 0.158 e. The normalized spacial score (nSPS) is 10.9. The molecule has 1 N–H and O–H groups in total. The fourth-order valence-corrected chi connectivity index (χ4v) is 2.84. The van der Waals surface area contributed by atoms with E-state index in [4.69, 9.17) is 12.2 Å². The van der Waals surface area contributed by atoms with Gasteiger partial charge in [-0.3, -0.25) is 4.98 Å². The van der Waals surface area contributed by atoms with Gasteiger partial charge in [-0.1, -0.05) is 43.4 Å². The summed E-state index contributed by atoms with van der Waals surface area (Å²) in [6.07, 6.45) is 2.69. The minimum atomic E-state index is 0.661. The third-order valence-corrected chi connectivity index (χ3v) is 3.82. The van der Waals surface area contributed by atoms with E-state index < -0.39 is 0 Å². The molecule has 0 saturated heterocycles. The van der Waals surface area contributed by atoms with E-state index in [0.717, 1.165) is 40.0 Å². The summed E-state index contributed by atoms with van der Waals surface area (Å²) in [4.78, 5) is 12.3. The second-order valence-corrected chi connectivity index (χ2v) is 5.12. The van der Waals surface area contributed by atoms with Crippen LogP contribution < -0.4 is 0 Å². The van der Waals surface area contributed by atoms with Crippen molar-refractivity contribution in [2.75, 3.05) is 0 Å². The van der Waals surface area contributed by atoms with Crippen molar-refractivity contribution < 1.29 is 0 Å². The van der Waals surface area contributed by atoms with Crippen molar-refractivity contribution in [1.82, 2.24) is 15.0 Å². The number of hydrogen-bond donors (Lipinski definition) is 1. The highest BCUT2D eigenvalue weighted by Crippen LogP contribution is 2.24. The van der Waals surface area contributed by atoms with Gasteiger partial charge in [-0.15, -0.1) is 0 Å². The molecule has 3 rings (SSSR count). The summed E-state index contributed by atoms with van der Waals surface area (Å²) >= 11 is 5.39. The second kappa shape index (κ2) is 5.13. The van der Waals surface area contributed by atoms with Crippen molar-refractivity contribution in [3.63, 3.8) is 0 Å². The van der Waals surface area contributed by atoms with E-state index in [1.54, 1.807) is 6.20 Å². The molecule has 0 fully saturated rings. The van der Waals surface area contributed by atoms with Crippen LogP contribution in [0.25, 0.3) is 22.3 Å². The van der Waals surface area contributed by atoms with E-state index in [1.165, 1.54) is 0 Å². The molecule has 0 unspecified atom stereocenters. The number of H-pyrrole nitrogens is 1. The Morgan fingerprint density at radius 3 is 2.75 bits per heavy atom. The fourth-order valence-electron chi connectivity index (χ4n) is 2.45. The quantitative estimate of drug-likeness (QED) is 0.715. The van der Waals surface area contributed by atoms with Crippen LogP contribution in [0.4, 0.5) is 0 Å². The number of benzene rings is 1. The number of aryl methyl sites for hydroxylation is 1. The Morgan fingerprint density at radius 1 is 1.20 bits per heavy atom. The monoisotopic (exact) mass is 281 g/mol. The zero-order chi connectivity index (χ0) is 14.1. The Balaban J connectivity index is 2.29. The van der Waals surface area contributed by atoms with Crippen molar-refractivity contribution >= 4 is 23.0 Å². The zero-order valence-corrected chi connectivity index (χ0v) is 12.3. The molecule has 0 aliphatic rings. The fraction of sp³-hybridized carbons (Fsp3) is 0.188. The number of nitrogens with zero attached hydrogens (tertiary/aromatic N) is 2. The van der Waals surface area contributed by atoms with Gasteiger partial charge in [-0.05, 0) is 24.8 Å². The van der Waals surface area contributed by atoms with Crippen LogP contribution >= 0.6 is 12.2 Å². The van der Waals surface area contributed by atoms with Gasteiger partial charge in [0.15, 0.2) is 5.82 Å². The molecule has 0 spiro atoms. The van der Waals surface area contributed by atoms with Crippen molar-refractivity contribution in [3.05, 3.63) is 52.4 Å². The molecule has 0 bridgehead atoms. The van der Waals surface area contributed by atoms with Crippen molar-refractivity contribution in [2.45, 2.75) is 20.3 Å². The molecule has 100 valence electrons. The lowest BCUT2D eigenvalue weighted by atomic mass is 10.1. The first-order valence-corrected chi connectivity index (χ1v) is 7.05. The van der Waals surface area contributed by atoms with Gasteiger partial charge in [0.2, 0.25) is 0 Å². The lowest BCUT2D eigenvalue weighted by molar-refractivity contribution is 0.985. The van der Waals surface area contributed by atoms with Crippen LogP contribution in [0.2, 0.25) is 0 Å². The highest BCUT2D eigenvalue weighted by Gasteiger charge is 2.09. The molecule has 0 aliphatic carbocycles. The van der Waals surface area contributed by atoms with Gasteiger partial charge in [0, 0.05) is 22.8 Å². The van der Waals surface area contributed by atoms with Crippen LogP contribution in [-0.4, -0.2) is 15.0 Å². The molecule has 0 amide bonds. The maximum absolute atomic E-state index is 5.39. The van der Waals surface area contributed by atoms with Crippen LogP contribution in [0, 0.1) is 11.6 Å². The highest BCUT2D eigenvalue weighted by atomic mass is 32.1. The minimum Gasteiger partial charge on any atom is -0.342 e. The average molecular weight is 281 g/mol. The van der Waals surface area contributed by atoms with E-state index in [0.29, 0.717) is 4.64 Å². The molecule has 0 radical (unpaired) electrons. The third kappa shape index (κ3) is 2.12. The van der Waals surface area contributed by atoms with Crippen LogP contribution in [0.3, 0.4) is 0 Å². The van der Waals surface area contributed by atoms with Gasteiger partial charge in [0.25, 0.3) is 0 Å². The number of hydrogen-bond acceptors (Lipinski definition) is 3. The Labute approximate surface area is 122 Å². The standard InChI is InChI=1S/C16H15N3S/c1-3-12-10(2)18-15(19-16(12)20)14-13-7-5-4-6-11(13)8-9-17-14/h4-9H,3H2,1-2H3,(H,18,19,20). The second-order valence-electron chi connectivity index (χ2n) is 4.73. The molecule has 0 saturated carbocycles. The smallest absolute Gasteiger partial charge is 0.158 e. The molecule has 2 aromatic heterocycles. The van der Waals surface area contributed by atoms with Crippen LogP contribution in [-0.2, 0) is 6.42 Å². The summed E-state index contributed by atoms with van der Waals surface area (Å²) < 4.78 is 0.661. The first-order chi connectivity index (χ1) is 9.70. The Bertz CT molecular complexity index is 831. The van der Waals surface area contributed by atoms with Gasteiger partial charge >= 0.3 is 0 Å². The Hall–Kier alpha value is -2.07. The molecule has 0 atom stereocenters. The highest BCUT2D eigenvalue weighted by molar-refractivity contribution is 7.71. The van der Waals surface area contributed by atoms with E-state index in [1.807, 2.05) is 25.1 Å². The molecule has 20 heavy (non-hydrogen) atoms. The summed E-state index contributed by atoms with van der Waals surface area (Å²) in [5.74, 6) is 0.738. The molecule has 3 aromatic rings. The van der Waals surface area contributed by atoms with Crippen molar-refractivity contribution in [1.29, 1.82) is 0 Å². The minimum absolute atomic E-state index is 0.661. The zero-order valence-electron chi connectivity index (χ0n) is 11.5. The van der Waals surface area contributed by atoms with Gasteiger partial charge in [-0.2, -0.15) is 0 Å². The number of nitrogens with one attached hydrogen (secondary N) is 1. The molecular formula is C16H15N3S. The molecule has 1 aromatic carbocycles. The number of fused-ring (bicyclic) bond motifs is 1. The van der Waals surface area contributed by atoms with Crippen molar-refractivity contribution in [3.8, 4) is 11.5 Å². The molecule has 2 heterocycles. The third-order valence-electron chi connectivity index (χ3n) is 3.48. The largest absolute Gasteiger partial charge is 0.342 e. The number of aromatic nitrogens is 3. The topological polar surface area (TPSA) is 41.6 Å². The van der Waals surface area contributed by atoms with Crippen molar-refractivity contribution in [2.24, 2.45) is 0 Å². The number of rotatable bonds is 2. The van der Waals surface area contributed by atoms with E-state index in [9.17, 15) is 0 Å². The predicted molar refractivity (Wildman–Crippen MR) is 84.3 cm³/mol. The Morgan fingerprint density at radius 2 is 2.00 bits per heavy atom. The summed E-state index contributed by atoms with van der Waals surface area (Å²) in [6.45, 7) is 4.12. The summed E-state index contributed by atoms with van der Waals surface area (Å²) in [5.41, 5.74) is 3.01. The number of pyridine rings is 1. The summed E-state index contributed by atoms with van der Waals surface area (Å²) in [7, 11) is 0. The predicted octanol–water partition coefficient (Wildman–Crippen LogP) is 4.23. The van der Waals surface area contributed by atoms with E-state index in [-0.39, 0.29) is 0 Å². The Kier molecular flexibility index (Phi) is 3.32. The molecule has 4 heteroatoms. The van der Waals surface area contributed by atoms with Crippen LogP contribution in [0.15, 0.2) is 36.5 Å². The average Bonchev–Trinajstić information content (AvgIpc) is 2.46. The molecular weight excluding hydrogens is 266 g/mol. The van der Waals surface area contributed by atoms with Gasteiger partial charge in [0.05, 0.1) is 0 Å². The first-order valence-electron chi connectivity index (χ1n) is 6.64. The maximum atomic E-state index is 5.39. The van der Waals surface area contributed by atoms with Gasteiger partial charge in [-0.25, -0.2) is 4.98 Å². The SMILES string of the molecule is CCc1c(C)[nH]c(-c2nccc3ccccc23)nc1=S. The lowest BCUT2D eigenvalue weighted by Gasteiger charge is -2.09. The van der Waals surface area contributed by atoms with E-state index >= 15 is 0 Å². The van der Waals surface area contributed by atoms with Crippen LogP contribution in [0.5, 0.6) is 0 Å². The summed E-state index contributed by atoms with van der Waals surface area (Å²) in [6, 6.07) is 10.2.